The van der Waals surface area contributed by atoms with Crippen LogP contribution in [0.15, 0.2) is 38.8 Å². The van der Waals surface area contributed by atoms with Crippen molar-refractivity contribution in [2.24, 2.45) is 0 Å². The molecule has 31 heavy (non-hydrogen) atoms. The first-order valence-corrected chi connectivity index (χ1v) is 10.8. The Bertz CT molecular complexity index is 1200. The van der Waals surface area contributed by atoms with Gasteiger partial charge in [0.05, 0.1) is 41.9 Å². The minimum absolute atomic E-state index is 0.0384. The normalized spacial score (nSPS) is 12.4. The number of fused-ring (bicyclic) bond motifs is 1. The summed E-state index contributed by atoms with van der Waals surface area (Å²) < 4.78 is 24.3. The molecule has 7 nitrogen and oxygen atoms in total. The molecule has 1 heterocycles. The van der Waals surface area contributed by atoms with Crippen molar-refractivity contribution in [3.63, 3.8) is 0 Å². The minimum atomic E-state index is -0.638. The fourth-order valence-corrected chi connectivity index (χ4v) is 4.65. The summed E-state index contributed by atoms with van der Waals surface area (Å²) in [6.45, 7) is 2.30. The van der Waals surface area contributed by atoms with Crippen LogP contribution in [-0.2, 0) is 9.47 Å². The molecule has 0 saturated heterocycles. The Morgan fingerprint density at radius 1 is 1.23 bits per heavy atom. The average Bonchev–Trinajstić information content (AvgIpc) is 2.73. The Morgan fingerprint density at radius 3 is 2.68 bits per heavy atom. The third-order valence-electron chi connectivity index (χ3n) is 4.66. The number of thioether (sulfide) groups is 1. The Kier molecular flexibility index (Phi) is 7.90. The van der Waals surface area contributed by atoms with Crippen LogP contribution >= 0.6 is 23.4 Å². The zero-order valence-electron chi connectivity index (χ0n) is 17.0. The molecular formula is C21H22ClFN2O5S. The summed E-state index contributed by atoms with van der Waals surface area (Å²) in [5.41, 5.74) is 1.29. The Labute approximate surface area is 186 Å². The highest BCUT2D eigenvalue weighted by molar-refractivity contribution is 7.99. The van der Waals surface area contributed by atoms with E-state index in [0.717, 1.165) is 5.56 Å². The van der Waals surface area contributed by atoms with E-state index in [0.29, 0.717) is 45.9 Å². The van der Waals surface area contributed by atoms with E-state index in [2.05, 4.69) is 9.97 Å². The van der Waals surface area contributed by atoms with Gasteiger partial charge in [-0.2, -0.15) is 0 Å². The fraction of sp³-hybridized carbons (Fsp3) is 0.333. The highest BCUT2D eigenvalue weighted by Gasteiger charge is 2.19. The van der Waals surface area contributed by atoms with Crippen molar-refractivity contribution in [2.45, 2.75) is 17.9 Å². The molecule has 0 bridgehead atoms. The van der Waals surface area contributed by atoms with Crippen molar-refractivity contribution in [2.75, 3.05) is 32.7 Å². The molecule has 0 spiro atoms. The lowest BCUT2D eigenvalue weighted by atomic mass is 9.98. The number of rotatable bonds is 9. The number of aromatic nitrogens is 2. The second kappa shape index (κ2) is 10.4. The Morgan fingerprint density at radius 2 is 2.00 bits per heavy atom. The van der Waals surface area contributed by atoms with Crippen LogP contribution in [0.1, 0.15) is 5.56 Å². The van der Waals surface area contributed by atoms with Gasteiger partial charge in [-0.25, -0.2) is 9.18 Å². The molecule has 3 N–H and O–H groups in total. The van der Waals surface area contributed by atoms with Gasteiger partial charge in [0.25, 0.3) is 5.56 Å². The second-order valence-electron chi connectivity index (χ2n) is 6.84. The molecule has 0 aliphatic rings. The second-order valence-corrected chi connectivity index (χ2v) is 8.27. The molecule has 10 heteroatoms. The molecule has 3 rings (SSSR count). The number of methoxy groups -OCH3 is 1. The van der Waals surface area contributed by atoms with Gasteiger partial charge in [-0.05, 0) is 36.2 Å². The van der Waals surface area contributed by atoms with Crippen molar-refractivity contribution < 1.29 is 19.0 Å². The van der Waals surface area contributed by atoms with E-state index in [1.54, 1.807) is 19.2 Å². The summed E-state index contributed by atoms with van der Waals surface area (Å²) >= 11 is 7.32. The highest BCUT2D eigenvalue weighted by atomic mass is 35.5. The molecule has 1 aromatic heterocycles. The number of aryl methyl sites for hydroxylation is 1. The lowest BCUT2D eigenvalue weighted by Crippen LogP contribution is -2.24. The monoisotopic (exact) mass is 468 g/mol. The lowest BCUT2D eigenvalue weighted by Gasteiger charge is -2.19. The molecule has 3 aromatic rings. The van der Waals surface area contributed by atoms with Gasteiger partial charge in [0.15, 0.2) is 0 Å². The summed E-state index contributed by atoms with van der Waals surface area (Å²) in [7, 11) is 1.55. The van der Waals surface area contributed by atoms with Crippen LogP contribution in [0.4, 0.5) is 4.39 Å². The molecule has 0 amide bonds. The van der Waals surface area contributed by atoms with Crippen molar-refractivity contribution >= 4 is 34.3 Å². The average molecular weight is 469 g/mol. The maximum atomic E-state index is 13.7. The van der Waals surface area contributed by atoms with Gasteiger partial charge in [-0.3, -0.25) is 9.78 Å². The first-order chi connectivity index (χ1) is 14.8. The maximum absolute atomic E-state index is 13.7. The molecule has 0 unspecified atom stereocenters. The van der Waals surface area contributed by atoms with Crippen molar-refractivity contribution in [3.8, 4) is 11.1 Å². The van der Waals surface area contributed by atoms with Crippen LogP contribution in [0.2, 0.25) is 5.02 Å². The summed E-state index contributed by atoms with van der Waals surface area (Å²) in [5.74, 6) is -0.204. The summed E-state index contributed by atoms with van der Waals surface area (Å²) in [6, 6.07) is 6.02. The number of H-pyrrole nitrogens is 2. The van der Waals surface area contributed by atoms with Gasteiger partial charge in [0, 0.05) is 23.3 Å². The first-order valence-electron chi connectivity index (χ1n) is 9.45. The number of hydrogen-bond acceptors (Lipinski definition) is 6. The molecule has 2 aromatic carbocycles. The van der Waals surface area contributed by atoms with Crippen LogP contribution in [0.25, 0.3) is 22.0 Å². The maximum Gasteiger partial charge on any atom is 0.326 e. The number of ether oxygens (including phenoxy) is 2. The molecular weight excluding hydrogens is 447 g/mol. The molecule has 0 fully saturated rings. The highest BCUT2D eigenvalue weighted by Crippen LogP contribution is 2.39. The van der Waals surface area contributed by atoms with Crippen LogP contribution in [0.5, 0.6) is 0 Å². The van der Waals surface area contributed by atoms with E-state index in [1.807, 2.05) is 6.92 Å². The van der Waals surface area contributed by atoms with Gasteiger partial charge >= 0.3 is 5.69 Å². The van der Waals surface area contributed by atoms with E-state index in [4.69, 9.17) is 21.1 Å². The van der Waals surface area contributed by atoms with Crippen LogP contribution in [0.3, 0.4) is 0 Å². The fourth-order valence-electron chi connectivity index (χ4n) is 3.19. The van der Waals surface area contributed by atoms with Crippen LogP contribution in [0, 0.1) is 12.7 Å². The third kappa shape index (κ3) is 5.36. The predicted molar refractivity (Wildman–Crippen MR) is 120 cm³/mol. The van der Waals surface area contributed by atoms with Gasteiger partial charge in [0.1, 0.15) is 5.82 Å². The number of halogens is 2. The number of aliphatic hydroxyl groups is 1. The summed E-state index contributed by atoms with van der Waals surface area (Å²) in [6.07, 6.45) is -0.492. The number of aliphatic hydroxyl groups excluding tert-OH is 1. The quantitative estimate of drug-likeness (QED) is 0.329. The molecule has 166 valence electrons. The number of nitrogens with one attached hydrogen (secondary N) is 2. The van der Waals surface area contributed by atoms with Crippen LogP contribution < -0.4 is 11.2 Å². The summed E-state index contributed by atoms with van der Waals surface area (Å²) in [5, 5.41) is 9.94. The zero-order chi connectivity index (χ0) is 22.5. The summed E-state index contributed by atoms with van der Waals surface area (Å²) in [4.78, 5) is 29.9. The smallest absolute Gasteiger partial charge is 0.326 e. The predicted octanol–water partition coefficient (Wildman–Crippen LogP) is 3.10. The molecule has 0 aliphatic carbocycles. The Hall–Kier alpha value is -2.17. The lowest BCUT2D eigenvalue weighted by molar-refractivity contribution is 0.00140. The number of benzene rings is 2. The van der Waals surface area contributed by atoms with Gasteiger partial charge in [0.2, 0.25) is 0 Å². The minimum Gasteiger partial charge on any atom is -0.394 e. The van der Waals surface area contributed by atoms with E-state index in [1.165, 1.54) is 23.9 Å². The van der Waals surface area contributed by atoms with E-state index < -0.39 is 23.2 Å². The molecule has 0 saturated carbocycles. The topological polar surface area (TPSA) is 104 Å². The van der Waals surface area contributed by atoms with Gasteiger partial charge in [-0.15, -0.1) is 11.8 Å². The van der Waals surface area contributed by atoms with Gasteiger partial charge < -0.3 is 19.6 Å². The van der Waals surface area contributed by atoms with E-state index >= 15 is 0 Å². The largest absolute Gasteiger partial charge is 0.394 e. The molecule has 1 atom stereocenters. The third-order valence-corrected chi connectivity index (χ3v) is 6.18. The van der Waals surface area contributed by atoms with Crippen molar-refractivity contribution in [3.05, 3.63) is 61.5 Å². The Balaban J connectivity index is 2.14. The van der Waals surface area contributed by atoms with Crippen molar-refractivity contribution in [1.82, 2.24) is 9.97 Å². The molecule has 0 radical (unpaired) electrons. The number of aromatic amines is 2. The van der Waals surface area contributed by atoms with E-state index in [9.17, 15) is 19.1 Å². The van der Waals surface area contributed by atoms with E-state index in [-0.39, 0.29) is 11.6 Å². The SMILES string of the molecule is COCCO[C@@H](CO)CSc1c(-c2ccc(F)c(Cl)c2)c(C)cc2c(=O)[nH]c(=O)[nH]c12. The van der Waals surface area contributed by atoms with Crippen molar-refractivity contribution in [1.29, 1.82) is 0 Å². The molecule has 0 aliphatic heterocycles. The number of hydrogen-bond donors (Lipinski definition) is 3. The van der Waals surface area contributed by atoms with Gasteiger partial charge in [-0.1, -0.05) is 17.7 Å². The van der Waals surface area contributed by atoms with Crippen LogP contribution in [-0.4, -0.2) is 53.9 Å². The first kappa shape index (κ1) is 23.5. The standard InChI is InChI=1S/C21H22ClFN2O5S/c1-11-7-14-18(24-21(28)25-20(14)27)19(31-10-13(9-26)30-6-5-29-2)17(11)12-3-4-16(23)15(22)8-12/h3-4,7-8,13,26H,5-6,9-10H2,1-2H3,(H2,24,25,27,28)/t13-/m0/s1. The zero-order valence-corrected chi connectivity index (χ0v) is 18.5.